The van der Waals surface area contributed by atoms with Crippen molar-refractivity contribution in [3.63, 3.8) is 0 Å². The van der Waals surface area contributed by atoms with Crippen LogP contribution in [0.15, 0.2) is 122 Å². The first-order valence-corrected chi connectivity index (χ1v) is 28.0. The second-order valence-corrected chi connectivity index (χ2v) is 18.1. The van der Waals surface area contributed by atoms with E-state index in [0.29, 0.717) is 19.3 Å². The maximum atomic E-state index is 12.9. The van der Waals surface area contributed by atoms with E-state index in [4.69, 9.17) is 14.2 Å². The molecule has 0 saturated heterocycles. The third-order valence-electron chi connectivity index (χ3n) is 11.4. The van der Waals surface area contributed by atoms with Crippen LogP contribution in [0.1, 0.15) is 239 Å². The molecule has 0 aromatic carbocycles. The van der Waals surface area contributed by atoms with Crippen LogP contribution in [0.2, 0.25) is 0 Å². The normalized spacial score (nSPS) is 13.0. The Morgan fingerprint density at radius 2 is 0.565 bits per heavy atom. The van der Waals surface area contributed by atoms with Crippen molar-refractivity contribution in [3.8, 4) is 0 Å². The predicted octanol–water partition coefficient (Wildman–Crippen LogP) is 18.9. The zero-order valence-electron chi connectivity index (χ0n) is 44.5. The molecule has 0 amide bonds. The van der Waals surface area contributed by atoms with Crippen molar-refractivity contribution in [1.82, 2.24) is 0 Å². The standard InChI is InChI=1S/C63H102O6/c1-4-7-10-13-16-19-22-25-27-29-31-33-35-38-41-44-47-50-53-56-62(65)68-59-60(58-67-61(64)55-52-49-46-43-40-37-24-21-18-15-12-9-6-3)69-63(66)57-54-51-48-45-42-39-36-34-32-30-28-26-23-20-17-14-11-8-5-2/h7-8,10-12,15-17,19-21,24-28,31-34,60H,4-6,9,13-14,18,22-23,29-30,35-59H2,1-3H3/b10-7-,11-8-,15-12-,19-16-,20-17-,24-21-,27-25-,28-26-,33-31-,34-32-. The van der Waals surface area contributed by atoms with Gasteiger partial charge in [-0.25, -0.2) is 0 Å². The van der Waals surface area contributed by atoms with Gasteiger partial charge in [0.2, 0.25) is 0 Å². The molecule has 390 valence electrons. The smallest absolute Gasteiger partial charge is 0.306 e. The minimum atomic E-state index is -0.802. The quantitative estimate of drug-likeness (QED) is 0.0262. The van der Waals surface area contributed by atoms with E-state index in [-0.39, 0.29) is 31.1 Å². The summed E-state index contributed by atoms with van der Waals surface area (Å²) in [4.78, 5) is 38.1. The number of rotatable bonds is 49. The highest BCUT2D eigenvalue weighted by atomic mass is 16.6. The number of carbonyl (C=O) groups excluding carboxylic acids is 3. The Morgan fingerprint density at radius 1 is 0.304 bits per heavy atom. The lowest BCUT2D eigenvalue weighted by atomic mass is 10.1. The average molecular weight is 956 g/mol. The molecule has 0 aromatic rings. The third kappa shape index (κ3) is 54.6. The zero-order valence-corrected chi connectivity index (χ0v) is 44.5. The van der Waals surface area contributed by atoms with Crippen molar-refractivity contribution in [3.05, 3.63) is 122 Å². The lowest BCUT2D eigenvalue weighted by Crippen LogP contribution is -2.30. The summed E-state index contributed by atoms with van der Waals surface area (Å²) in [6, 6.07) is 0. The number of hydrogen-bond acceptors (Lipinski definition) is 6. The number of ether oxygens (including phenoxy) is 3. The minimum absolute atomic E-state index is 0.0992. The van der Waals surface area contributed by atoms with Crippen LogP contribution in [-0.4, -0.2) is 37.2 Å². The number of carbonyl (C=O) groups is 3. The first kappa shape index (κ1) is 64.8. The van der Waals surface area contributed by atoms with E-state index < -0.39 is 6.10 Å². The lowest BCUT2D eigenvalue weighted by molar-refractivity contribution is -0.167. The molecule has 0 heterocycles. The van der Waals surface area contributed by atoms with E-state index in [9.17, 15) is 14.4 Å². The fraction of sp³-hybridized carbons (Fsp3) is 0.635. The van der Waals surface area contributed by atoms with Gasteiger partial charge in [0.1, 0.15) is 13.2 Å². The Hall–Kier alpha value is -4.19. The summed E-state index contributed by atoms with van der Waals surface area (Å²) in [6.07, 6.45) is 77.5. The monoisotopic (exact) mass is 955 g/mol. The lowest BCUT2D eigenvalue weighted by Gasteiger charge is -2.18. The van der Waals surface area contributed by atoms with Crippen molar-refractivity contribution in [2.45, 2.75) is 245 Å². The summed E-state index contributed by atoms with van der Waals surface area (Å²) < 4.78 is 16.8. The molecule has 0 rings (SSSR count). The molecule has 0 spiro atoms. The molecule has 1 unspecified atom stereocenters. The van der Waals surface area contributed by atoms with Gasteiger partial charge in [-0.3, -0.25) is 14.4 Å². The summed E-state index contributed by atoms with van der Waals surface area (Å²) in [5, 5.41) is 0. The molecule has 0 saturated carbocycles. The Kier molecular flexibility index (Phi) is 53.0. The van der Waals surface area contributed by atoms with Crippen molar-refractivity contribution < 1.29 is 28.6 Å². The molecule has 0 aliphatic carbocycles. The van der Waals surface area contributed by atoms with Crippen molar-refractivity contribution in [1.29, 1.82) is 0 Å². The van der Waals surface area contributed by atoms with Gasteiger partial charge in [0.05, 0.1) is 0 Å². The maximum Gasteiger partial charge on any atom is 0.306 e. The molecule has 0 N–H and O–H groups in total. The number of hydrogen-bond donors (Lipinski definition) is 0. The molecule has 0 radical (unpaired) electrons. The first-order valence-electron chi connectivity index (χ1n) is 28.0. The van der Waals surface area contributed by atoms with Crippen LogP contribution in [0.5, 0.6) is 0 Å². The van der Waals surface area contributed by atoms with Crippen LogP contribution in [-0.2, 0) is 28.6 Å². The van der Waals surface area contributed by atoms with Gasteiger partial charge in [-0.15, -0.1) is 0 Å². The summed E-state index contributed by atoms with van der Waals surface area (Å²) >= 11 is 0. The summed E-state index contributed by atoms with van der Waals surface area (Å²) in [7, 11) is 0. The Labute approximate surface area is 424 Å². The van der Waals surface area contributed by atoms with E-state index >= 15 is 0 Å². The molecular formula is C63H102O6. The van der Waals surface area contributed by atoms with E-state index in [1.165, 1.54) is 32.1 Å². The second kappa shape index (κ2) is 56.4. The molecule has 0 bridgehead atoms. The van der Waals surface area contributed by atoms with Gasteiger partial charge in [0, 0.05) is 19.3 Å². The molecule has 0 fully saturated rings. The SMILES string of the molecule is CC/C=C\C/C=C\C/C=C\C/C=C\CCCCCCCCC(=O)OCC(COC(=O)CCCCCCC/C=C\C/C=C\CCC)OC(=O)CCCCCCCC/C=C\C/C=C\C/C=C\C/C=C\CC. The van der Waals surface area contributed by atoms with Gasteiger partial charge >= 0.3 is 17.9 Å². The van der Waals surface area contributed by atoms with Gasteiger partial charge in [-0.2, -0.15) is 0 Å². The zero-order chi connectivity index (χ0) is 50.0. The van der Waals surface area contributed by atoms with E-state index in [0.717, 1.165) is 167 Å². The van der Waals surface area contributed by atoms with Gasteiger partial charge in [0.25, 0.3) is 0 Å². The van der Waals surface area contributed by atoms with Crippen LogP contribution >= 0.6 is 0 Å². The Bertz CT molecular complexity index is 1470. The minimum Gasteiger partial charge on any atom is -0.462 e. The van der Waals surface area contributed by atoms with Gasteiger partial charge in [-0.05, 0) is 122 Å². The fourth-order valence-electron chi connectivity index (χ4n) is 7.28. The molecule has 69 heavy (non-hydrogen) atoms. The first-order chi connectivity index (χ1) is 34.0. The second-order valence-electron chi connectivity index (χ2n) is 18.1. The molecule has 0 aliphatic rings. The number of esters is 3. The number of unbranched alkanes of at least 4 members (excludes halogenated alkanes) is 18. The Morgan fingerprint density at radius 3 is 0.884 bits per heavy atom. The van der Waals surface area contributed by atoms with Crippen molar-refractivity contribution in [2.24, 2.45) is 0 Å². The van der Waals surface area contributed by atoms with E-state index in [1.54, 1.807) is 0 Å². The summed E-state index contributed by atoms with van der Waals surface area (Å²) in [5.41, 5.74) is 0. The molecule has 0 aromatic heterocycles. The van der Waals surface area contributed by atoms with E-state index in [1.807, 2.05) is 0 Å². The van der Waals surface area contributed by atoms with Crippen molar-refractivity contribution in [2.75, 3.05) is 13.2 Å². The summed E-state index contributed by atoms with van der Waals surface area (Å²) in [5.74, 6) is -0.943. The Balaban J connectivity index is 4.46. The largest absolute Gasteiger partial charge is 0.462 e. The third-order valence-corrected chi connectivity index (χ3v) is 11.4. The van der Waals surface area contributed by atoms with Gasteiger partial charge < -0.3 is 14.2 Å². The maximum absolute atomic E-state index is 12.9. The van der Waals surface area contributed by atoms with Crippen molar-refractivity contribution >= 4 is 17.9 Å². The molecule has 6 nitrogen and oxygen atoms in total. The predicted molar refractivity (Wildman–Crippen MR) is 297 cm³/mol. The highest BCUT2D eigenvalue weighted by Gasteiger charge is 2.19. The number of allylic oxidation sites excluding steroid dienone is 20. The van der Waals surface area contributed by atoms with Crippen LogP contribution in [0.25, 0.3) is 0 Å². The highest BCUT2D eigenvalue weighted by molar-refractivity contribution is 5.71. The van der Waals surface area contributed by atoms with Crippen LogP contribution in [0.3, 0.4) is 0 Å². The summed E-state index contributed by atoms with van der Waals surface area (Å²) in [6.45, 7) is 6.31. The van der Waals surface area contributed by atoms with Crippen LogP contribution in [0.4, 0.5) is 0 Å². The molecule has 1 atom stereocenters. The average Bonchev–Trinajstić information content (AvgIpc) is 3.35. The van der Waals surface area contributed by atoms with E-state index in [2.05, 4.69) is 142 Å². The van der Waals surface area contributed by atoms with Crippen LogP contribution in [0, 0.1) is 0 Å². The van der Waals surface area contributed by atoms with Gasteiger partial charge in [-0.1, -0.05) is 219 Å². The molecule has 6 heteroatoms. The topological polar surface area (TPSA) is 78.9 Å². The molecule has 0 aliphatic heterocycles. The highest BCUT2D eigenvalue weighted by Crippen LogP contribution is 2.14. The fourth-order valence-corrected chi connectivity index (χ4v) is 7.28. The van der Waals surface area contributed by atoms with Crippen LogP contribution < -0.4 is 0 Å². The molecular weight excluding hydrogens is 853 g/mol. The van der Waals surface area contributed by atoms with Gasteiger partial charge in [0.15, 0.2) is 6.10 Å².